The molecule has 2 rings (SSSR count). The zero-order valence-electron chi connectivity index (χ0n) is 27.6. The Kier molecular flexibility index (Phi) is 19.3. The van der Waals surface area contributed by atoms with E-state index in [-0.39, 0.29) is 67.6 Å². The molecule has 0 unspecified atom stereocenters. The molecule has 1 radical (unpaired) electrons. The van der Waals surface area contributed by atoms with Gasteiger partial charge in [-0.2, -0.15) is 0 Å². The lowest BCUT2D eigenvalue weighted by Gasteiger charge is -2.24. The van der Waals surface area contributed by atoms with E-state index in [0.29, 0.717) is 45.6 Å². The lowest BCUT2D eigenvalue weighted by atomic mass is 9.87. The van der Waals surface area contributed by atoms with Crippen LogP contribution < -0.4 is 22.5 Å². The second-order valence-electron chi connectivity index (χ2n) is 12.3. The minimum Gasteiger partial charge on any atom is -0.508 e. The van der Waals surface area contributed by atoms with E-state index in [1.165, 1.54) is 12.1 Å². The largest absolute Gasteiger partial charge is 0.508 e. The number of unbranched alkanes of at least 4 members (excludes halogenated alkanes) is 2. The molecule has 2 amide bonds. The van der Waals surface area contributed by atoms with E-state index < -0.39 is 18.0 Å². The highest BCUT2D eigenvalue weighted by atomic mass is 16.5. The normalized spacial score (nSPS) is 16.6. The van der Waals surface area contributed by atoms with Gasteiger partial charge in [-0.3, -0.25) is 19.2 Å². The van der Waals surface area contributed by atoms with Crippen molar-refractivity contribution in [3.63, 3.8) is 0 Å². The predicted molar refractivity (Wildman–Crippen MR) is 176 cm³/mol. The van der Waals surface area contributed by atoms with Crippen molar-refractivity contribution in [2.75, 3.05) is 46.1 Å². The standard InChI is InChI=1S/C34H56N5O7/c1-25-8-6-18-39(25)34(44)29(36)10-3-5-17-38-33(43)24-46-21-20-45-19-7-11-31(41)27(9-2-4-16-35)23-32(42)30(37)22-26-12-14-28(40)15-13-26/h12-15,25,27,29-30,37,40H,2-11,16-24,35-36H2,1H3,(H,38,43)/t25-,27-,29+,30+/m1/s1. The first kappa shape index (κ1) is 39.3. The van der Waals surface area contributed by atoms with Gasteiger partial charge >= 0.3 is 0 Å². The highest BCUT2D eigenvalue weighted by Gasteiger charge is 2.28. The van der Waals surface area contributed by atoms with Crippen LogP contribution in [0.15, 0.2) is 24.3 Å². The van der Waals surface area contributed by atoms with Crippen LogP contribution in [0.25, 0.3) is 0 Å². The van der Waals surface area contributed by atoms with Crippen molar-refractivity contribution in [2.24, 2.45) is 17.4 Å². The zero-order chi connectivity index (χ0) is 33.7. The van der Waals surface area contributed by atoms with E-state index in [9.17, 15) is 24.3 Å². The van der Waals surface area contributed by atoms with Gasteiger partial charge in [-0.05, 0) is 89.0 Å². The molecule has 1 heterocycles. The Morgan fingerprint density at radius 1 is 1.00 bits per heavy atom. The van der Waals surface area contributed by atoms with Crippen molar-refractivity contribution in [2.45, 2.75) is 102 Å². The van der Waals surface area contributed by atoms with E-state index in [2.05, 4.69) is 12.2 Å². The maximum absolute atomic E-state index is 12.9. The van der Waals surface area contributed by atoms with E-state index >= 15 is 0 Å². The number of Topliss-reactive ketones (excluding diaryl/α,β-unsaturated/α-hetero) is 2. The highest BCUT2D eigenvalue weighted by molar-refractivity contribution is 5.90. The van der Waals surface area contributed by atoms with Crippen LogP contribution in [0, 0.1) is 5.92 Å². The number of likely N-dealkylation sites (tertiary alicyclic amines) is 1. The minimum absolute atomic E-state index is 0.00602. The number of carbonyl (C=O) groups is 4. The number of ketones is 2. The van der Waals surface area contributed by atoms with E-state index in [0.717, 1.165) is 50.6 Å². The second-order valence-corrected chi connectivity index (χ2v) is 12.3. The lowest BCUT2D eigenvalue weighted by molar-refractivity contribution is -0.133. The number of phenols is 1. The summed E-state index contributed by atoms with van der Waals surface area (Å²) in [6, 6.07) is 5.24. The van der Waals surface area contributed by atoms with Crippen LogP contribution in [0.4, 0.5) is 0 Å². The number of nitrogens with two attached hydrogens (primary N) is 2. The second kappa shape index (κ2) is 22.6. The molecule has 1 aromatic rings. The van der Waals surface area contributed by atoms with Gasteiger partial charge in [0, 0.05) is 44.5 Å². The maximum atomic E-state index is 12.9. The van der Waals surface area contributed by atoms with Crippen molar-refractivity contribution in [3.05, 3.63) is 29.8 Å². The maximum Gasteiger partial charge on any atom is 0.245 e. The first-order valence-corrected chi connectivity index (χ1v) is 16.8. The number of carbonyl (C=O) groups excluding carboxylic acids is 4. The van der Waals surface area contributed by atoms with Crippen LogP contribution >= 0.6 is 0 Å². The third-order valence-corrected chi connectivity index (χ3v) is 8.41. The molecule has 0 bridgehead atoms. The molecular weight excluding hydrogens is 590 g/mol. The summed E-state index contributed by atoms with van der Waals surface area (Å²) in [5, 5.41) is 12.2. The quantitative estimate of drug-likeness (QED) is 0.115. The fraction of sp³-hybridized carbons (Fsp3) is 0.706. The van der Waals surface area contributed by atoms with Gasteiger partial charge in [0.15, 0.2) is 5.78 Å². The third kappa shape index (κ3) is 15.6. The smallest absolute Gasteiger partial charge is 0.245 e. The molecule has 1 aromatic carbocycles. The molecule has 0 spiro atoms. The summed E-state index contributed by atoms with van der Waals surface area (Å²) >= 11 is 0. The molecule has 7 N–H and O–H groups in total. The summed E-state index contributed by atoms with van der Waals surface area (Å²) in [5.74, 6) is -0.776. The molecule has 1 fully saturated rings. The molecular formula is C34H56N5O7. The van der Waals surface area contributed by atoms with Crippen molar-refractivity contribution in [3.8, 4) is 5.75 Å². The molecule has 0 saturated carbocycles. The molecule has 0 aromatic heterocycles. The first-order chi connectivity index (χ1) is 22.1. The fourth-order valence-electron chi connectivity index (χ4n) is 5.58. The van der Waals surface area contributed by atoms with Crippen LogP contribution in [-0.4, -0.2) is 97.6 Å². The number of rotatable bonds is 25. The van der Waals surface area contributed by atoms with Gasteiger partial charge in [-0.25, -0.2) is 5.73 Å². The van der Waals surface area contributed by atoms with Crippen molar-refractivity contribution < 1.29 is 33.8 Å². The number of hydrogen-bond acceptors (Lipinski definition) is 9. The molecule has 1 saturated heterocycles. The minimum atomic E-state index is -0.968. The van der Waals surface area contributed by atoms with Gasteiger partial charge in [0.1, 0.15) is 18.1 Å². The molecule has 4 atom stereocenters. The van der Waals surface area contributed by atoms with Gasteiger partial charge in [-0.1, -0.05) is 18.6 Å². The van der Waals surface area contributed by atoms with Crippen molar-refractivity contribution in [1.29, 1.82) is 0 Å². The van der Waals surface area contributed by atoms with Crippen LogP contribution in [0.1, 0.15) is 83.1 Å². The van der Waals surface area contributed by atoms with Crippen LogP contribution in [0.2, 0.25) is 0 Å². The summed E-state index contributed by atoms with van der Waals surface area (Å²) in [6.07, 6.45) is 7.28. The Hall–Kier alpha value is -2.90. The molecule has 0 aliphatic carbocycles. The van der Waals surface area contributed by atoms with Gasteiger partial charge < -0.3 is 36.3 Å². The average molecular weight is 647 g/mol. The van der Waals surface area contributed by atoms with Gasteiger partial charge in [0.2, 0.25) is 11.8 Å². The summed E-state index contributed by atoms with van der Waals surface area (Å²) in [7, 11) is 0. The SMILES string of the molecule is C[C@@H]1CCCN1C(=O)[C@@H](N)CCCCNC(=O)COCCOCCCC(=O)[C@H](CCCCN)CC(=O)[C@@H]([NH])Cc1ccc(O)cc1. The van der Waals surface area contributed by atoms with Crippen LogP contribution in [-0.2, 0) is 35.1 Å². The molecule has 1 aliphatic heterocycles. The van der Waals surface area contributed by atoms with E-state index in [1.807, 2.05) is 4.90 Å². The first-order valence-electron chi connectivity index (χ1n) is 16.8. The number of aromatic hydroxyl groups is 1. The molecule has 12 nitrogen and oxygen atoms in total. The summed E-state index contributed by atoms with van der Waals surface area (Å²) in [4.78, 5) is 52.0. The van der Waals surface area contributed by atoms with Gasteiger partial charge in [0.05, 0.1) is 25.3 Å². The fourth-order valence-corrected chi connectivity index (χ4v) is 5.58. The number of benzene rings is 1. The topological polar surface area (TPSA) is 198 Å². The lowest BCUT2D eigenvalue weighted by Crippen LogP contribution is -2.45. The van der Waals surface area contributed by atoms with Crippen molar-refractivity contribution >= 4 is 23.4 Å². The zero-order valence-corrected chi connectivity index (χ0v) is 27.6. The summed E-state index contributed by atoms with van der Waals surface area (Å²) in [5.41, 5.74) is 20.7. The van der Waals surface area contributed by atoms with Crippen LogP contribution in [0.5, 0.6) is 5.75 Å². The highest BCUT2D eigenvalue weighted by Crippen LogP contribution is 2.20. The number of nitrogens with zero attached hydrogens (tertiary/aromatic N) is 1. The predicted octanol–water partition coefficient (Wildman–Crippen LogP) is 2.30. The number of amides is 2. The third-order valence-electron chi connectivity index (χ3n) is 8.41. The Labute approximate surface area is 274 Å². The Balaban J connectivity index is 1.53. The van der Waals surface area contributed by atoms with Crippen LogP contribution in [0.3, 0.4) is 0 Å². The molecule has 12 heteroatoms. The monoisotopic (exact) mass is 646 g/mol. The summed E-state index contributed by atoms with van der Waals surface area (Å²) in [6.45, 7) is 4.67. The number of hydrogen-bond donors (Lipinski definition) is 4. The molecule has 46 heavy (non-hydrogen) atoms. The van der Waals surface area contributed by atoms with E-state index in [4.69, 9.17) is 26.7 Å². The Bertz CT molecular complexity index is 1050. The Morgan fingerprint density at radius 2 is 1.72 bits per heavy atom. The van der Waals surface area contributed by atoms with Gasteiger partial charge in [-0.15, -0.1) is 0 Å². The number of phenolic OH excluding ortho intramolecular Hbond substituents is 1. The van der Waals surface area contributed by atoms with E-state index in [1.54, 1.807) is 12.1 Å². The molecule has 259 valence electrons. The molecule has 1 aliphatic rings. The number of nitrogens with one attached hydrogen (secondary N) is 2. The summed E-state index contributed by atoms with van der Waals surface area (Å²) < 4.78 is 10.9. The Morgan fingerprint density at radius 3 is 2.41 bits per heavy atom. The average Bonchev–Trinajstić information content (AvgIpc) is 3.47. The van der Waals surface area contributed by atoms with Crippen molar-refractivity contribution in [1.82, 2.24) is 16.0 Å². The van der Waals surface area contributed by atoms with Gasteiger partial charge in [0.25, 0.3) is 0 Å². The number of ether oxygens (including phenoxy) is 2.